The van der Waals surface area contributed by atoms with Gasteiger partial charge in [0.25, 0.3) is 5.56 Å². The normalized spacial score (nSPS) is 11.9. The lowest BCUT2D eigenvalue weighted by Gasteiger charge is -2.11. The maximum Gasteiger partial charge on any atom is 0.251 e. The minimum Gasteiger partial charge on any atom is -0.328 e. The number of benzene rings is 1. The molecule has 0 spiro atoms. The van der Waals surface area contributed by atoms with Gasteiger partial charge in [-0.1, -0.05) is 30.3 Å². The van der Waals surface area contributed by atoms with Crippen molar-refractivity contribution in [1.29, 1.82) is 0 Å². The van der Waals surface area contributed by atoms with Crippen molar-refractivity contribution in [3.8, 4) is 11.1 Å². The molecule has 1 aromatic carbocycles. The molecule has 126 valence electrons. The number of Topliss-reactive ketones (excluding diaryl/α,β-unsaturated/α-hetero) is 1. The molecule has 0 saturated heterocycles. The Kier molecular flexibility index (Phi) is 5.16. The first-order valence-corrected chi connectivity index (χ1v) is 8.07. The van der Waals surface area contributed by atoms with E-state index in [9.17, 15) is 9.59 Å². The van der Waals surface area contributed by atoms with E-state index in [1.807, 2.05) is 42.5 Å². The van der Waals surface area contributed by atoms with E-state index in [0.717, 1.165) is 16.7 Å². The summed E-state index contributed by atoms with van der Waals surface area (Å²) < 4.78 is 0. The fraction of sp³-hybridized carbons (Fsp3) is 0.150. The standard InChI is InChI=1S/C20H19N3O2/c21-18(10-14-4-2-1-3-5-14)19(24)12-16-11-17(13-23-20(16)25)15-6-8-22-9-7-15/h1-9,11,13,18H,10,12,21H2,(H,23,25)/t18-/m0/s1. The third-order valence-electron chi connectivity index (χ3n) is 4.07. The summed E-state index contributed by atoms with van der Waals surface area (Å²) >= 11 is 0. The van der Waals surface area contributed by atoms with Gasteiger partial charge in [0.2, 0.25) is 0 Å². The minimum absolute atomic E-state index is 0.0161. The summed E-state index contributed by atoms with van der Waals surface area (Å²) in [5.41, 5.74) is 8.94. The molecule has 0 aliphatic heterocycles. The molecule has 0 aliphatic carbocycles. The monoisotopic (exact) mass is 333 g/mol. The number of hydrogen-bond acceptors (Lipinski definition) is 4. The Morgan fingerprint density at radius 2 is 1.80 bits per heavy atom. The average Bonchev–Trinajstić information content (AvgIpc) is 2.65. The van der Waals surface area contributed by atoms with Crippen LogP contribution in [0.1, 0.15) is 11.1 Å². The predicted octanol–water partition coefficient (Wildman–Crippen LogP) is 2.12. The van der Waals surface area contributed by atoms with E-state index in [4.69, 9.17) is 5.73 Å². The second-order valence-electron chi connectivity index (χ2n) is 5.92. The van der Waals surface area contributed by atoms with Crippen molar-refractivity contribution in [1.82, 2.24) is 9.97 Å². The van der Waals surface area contributed by atoms with Gasteiger partial charge in [-0.05, 0) is 41.3 Å². The van der Waals surface area contributed by atoms with Gasteiger partial charge in [0.15, 0.2) is 5.78 Å². The van der Waals surface area contributed by atoms with Crippen molar-refractivity contribution in [3.05, 3.63) is 88.6 Å². The van der Waals surface area contributed by atoms with Crippen molar-refractivity contribution in [2.45, 2.75) is 18.9 Å². The van der Waals surface area contributed by atoms with Crippen LogP contribution in [0.3, 0.4) is 0 Å². The number of nitrogens with one attached hydrogen (secondary N) is 1. The van der Waals surface area contributed by atoms with Crippen LogP contribution in [0.15, 0.2) is 71.9 Å². The quantitative estimate of drug-likeness (QED) is 0.723. The number of ketones is 1. The van der Waals surface area contributed by atoms with Crippen molar-refractivity contribution in [2.75, 3.05) is 0 Å². The highest BCUT2D eigenvalue weighted by Crippen LogP contribution is 2.17. The van der Waals surface area contributed by atoms with Crippen molar-refractivity contribution in [2.24, 2.45) is 5.73 Å². The highest BCUT2D eigenvalue weighted by atomic mass is 16.1. The molecule has 0 radical (unpaired) electrons. The molecule has 0 aliphatic rings. The van der Waals surface area contributed by atoms with Crippen LogP contribution >= 0.6 is 0 Å². The van der Waals surface area contributed by atoms with Gasteiger partial charge in [-0.25, -0.2) is 0 Å². The molecule has 1 atom stereocenters. The summed E-state index contributed by atoms with van der Waals surface area (Å²) in [5.74, 6) is -0.152. The van der Waals surface area contributed by atoms with Crippen molar-refractivity contribution < 1.29 is 4.79 Å². The minimum atomic E-state index is -0.633. The first-order chi connectivity index (χ1) is 12.1. The van der Waals surface area contributed by atoms with Crippen LogP contribution in [0, 0.1) is 0 Å². The van der Waals surface area contributed by atoms with E-state index in [1.165, 1.54) is 0 Å². The maximum atomic E-state index is 12.4. The molecule has 5 nitrogen and oxygen atoms in total. The third-order valence-corrected chi connectivity index (χ3v) is 4.07. The highest BCUT2D eigenvalue weighted by molar-refractivity contribution is 5.86. The molecule has 3 rings (SSSR count). The Morgan fingerprint density at radius 3 is 2.52 bits per heavy atom. The number of rotatable bonds is 6. The van der Waals surface area contributed by atoms with Gasteiger partial charge in [-0.2, -0.15) is 0 Å². The van der Waals surface area contributed by atoms with Gasteiger partial charge in [-0.15, -0.1) is 0 Å². The Balaban J connectivity index is 1.75. The zero-order chi connectivity index (χ0) is 17.6. The summed E-state index contributed by atoms with van der Waals surface area (Å²) in [4.78, 5) is 31.2. The first kappa shape index (κ1) is 16.8. The SMILES string of the molecule is N[C@@H](Cc1ccccc1)C(=O)Cc1cc(-c2ccncc2)c[nH]c1=O. The van der Waals surface area contributed by atoms with Crippen LogP contribution in [0.5, 0.6) is 0 Å². The van der Waals surface area contributed by atoms with Gasteiger partial charge in [0.05, 0.1) is 6.04 Å². The van der Waals surface area contributed by atoms with Gasteiger partial charge in [-0.3, -0.25) is 14.6 Å². The predicted molar refractivity (Wildman–Crippen MR) is 97.1 cm³/mol. The van der Waals surface area contributed by atoms with E-state index >= 15 is 0 Å². The molecular weight excluding hydrogens is 314 g/mol. The average molecular weight is 333 g/mol. The molecule has 0 fully saturated rings. The molecule has 3 N–H and O–H groups in total. The lowest BCUT2D eigenvalue weighted by molar-refractivity contribution is -0.119. The molecule has 2 aromatic heterocycles. The van der Waals surface area contributed by atoms with Crippen LogP contribution in [-0.2, 0) is 17.6 Å². The van der Waals surface area contributed by atoms with Gasteiger partial charge < -0.3 is 10.7 Å². The summed E-state index contributed by atoms with van der Waals surface area (Å²) in [6.07, 6.45) is 5.47. The summed E-state index contributed by atoms with van der Waals surface area (Å²) in [5, 5.41) is 0. The lowest BCUT2D eigenvalue weighted by Crippen LogP contribution is -2.35. The number of aromatic nitrogens is 2. The first-order valence-electron chi connectivity index (χ1n) is 8.07. The van der Waals surface area contributed by atoms with Gasteiger partial charge in [0.1, 0.15) is 0 Å². The van der Waals surface area contributed by atoms with Crippen molar-refractivity contribution in [3.63, 3.8) is 0 Å². The zero-order valence-corrected chi connectivity index (χ0v) is 13.7. The van der Waals surface area contributed by atoms with E-state index in [-0.39, 0.29) is 17.8 Å². The Hall–Kier alpha value is -3.05. The number of carbonyl (C=O) groups excluding carboxylic acids is 1. The third kappa shape index (κ3) is 4.28. The largest absolute Gasteiger partial charge is 0.328 e. The topological polar surface area (TPSA) is 88.8 Å². The van der Waals surface area contributed by atoms with Crippen LogP contribution in [-0.4, -0.2) is 21.8 Å². The van der Waals surface area contributed by atoms with Gasteiger partial charge in [0, 0.05) is 30.6 Å². The highest BCUT2D eigenvalue weighted by Gasteiger charge is 2.16. The van der Waals surface area contributed by atoms with Gasteiger partial charge >= 0.3 is 0 Å². The molecule has 0 bridgehead atoms. The Labute approximate surface area is 145 Å². The number of aromatic amines is 1. The summed E-state index contributed by atoms with van der Waals surface area (Å²) in [6, 6.07) is 14.4. The second kappa shape index (κ2) is 7.68. The fourth-order valence-corrected chi connectivity index (χ4v) is 2.67. The number of H-pyrrole nitrogens is 1. The van der Waals surface area contributed by atoms with E-state index in [1.54, 1.807) is 24.7 Å². The number of carbonyl (C=O) groups is 1. The molecule has 25 heavy (non-hydrogen) atoms. The molecule has 0 unspecified atom stereocenters. The van der Waals surface area contributed by atoms with Crippen molar-refractivity contribution >= 4 is 5.78 Å². The van der Waals surface area contributed by atoms with E-state index in [2.05, 4.69) is 9.97 Å². The second-order valence-corrected chi connectivity index (χ2v) is 5.92. The molecule has 0 amide bonds. The maximum absolute atomic E-state index is 12.4. The number of pyridine rings is 2. The summed E-state index contributed by atoms with van der Waals surface area (Å²) in [6.45, 7) is 0. The molecule has 2 heterocycles. The fourth-order valence-electron chi connectivity index (χ4n) is 2.67. The zero-order valence-electron chi connectivity index (χ0n) is 13.7. The Morgan fingerprint density at radius 1 is 1.08 bits per heavy atom. The molecule has 3 aromatic rings. The number of nitrogens with zero attached hydrogens (tertiary/aromatic N) is 1. The molecule has 5 heteroatoms. The smallest absolute Gasteiger partial charge is 0.251 e. The summed E-state index contributed by atoms with van der Waals surface area (Å²) in [7, 11) is 0. The molecule has 0 saturated carbocycles. The Bertz CT molecular complexity index is 905. The van der Waals surface area contributed by atoms with Crippen LogP contribution in [0.4, 0.5) is 0 Å². The molecular formula is C20H19N3O2. The van der Waals surface area contributed by atoms with Crippen LogP contribution in [0.25, 0.3) is 11.1 Å². The van der Waals surface area contributed by atoms with Crippen LogP contribution in [0.2, 0.25) is 0 Å². The lowest BCUT2D eigenvalue weighted by atomic mass is 9.98. The number of nitrogens with two attached hydrogens (primary N) is 1. The van der Waals surface area contributed by atoms with Crippen LogP contribution < -0.4 is 11.3 Å². The van der Waals surface area contributed by atoms with E-state index in [0.29, 0.717) is 12.0 Å². The number of hydrogen-bond donors (Lipinski definition) is 2. The van der Waals surface area contributed by atoms with E-state index < -0.39 is 6.04 Å².